The molecule has 5 nitrogen and oxygen atoms in total. The van der Waals surface area contributed by atoms with Gasteiger partial charge in [0, 0.05) is 11.4 Å². The maximum Gasteiger partial charge on any atom is 0.250 e. The van der Waals surface area contributed by atoms with Crippen LogP contribution in [0.5, 0.6) is 0 Å². The van der Waals surface area contributed by atoms with E-state index in [1.807, 2.05) is 0 Å². The van der Waals surface area contributed by atoms with E-state index < -0.39 is 5.91 Å². The molecule has 0 heterocycles. The van der Waals surface area contributed by atoms with Gasteiger partial charge in [-0.2, -0.15) is 0 Å². The first-order chi connectivity index (χ1) is 6.15. The first kappa shape index (κ1) is 9.05. The van der Waals surface area contributed by atoms with Crippen molar-refractivity contribution in [3.8, 4) is 0 Å². The van der Waals surface area contributed by atoms with Crippen molar-refractivity contribution in [3.63, 3.8) is 0 Å². The van der Waals surface area contributed by atoms with Crippen molar-refractivity contribution in [3.05, 3.63) is 23.8 Å². The Morgan fingerprint density at radius 3 is 2.69 bits per heavy atom. The van der Waals surface area contributed by atoms with Crippen molar-refractivity contribution in [2.24, 2.45) is 5.73 Å². The minimum Gasteiger partial charge on any atom is -0.398 e. The fourth-order valence-electron chi connectivity index (χ4n) is 0.927. The lowest BCUT2D eigenvalue weighted by atomic mass is 10.1. The molecule has 0 bridgehead atoms. The summed E-state index contributed by atoms with van der Waals surface area (Å²) >= 11 is 0. The first-order valence-corrected chi connectivity index (χ1v) is 3.54. The second kappa shape index (κ2) is 3.57. The molecule has 0 unspecified atom stereocenters. The molecular weight excluding hydrogens is 170 g/mol. The molecule has 0 aliphatic rings. The standard InChI is InChI=1S/C8H9N3O2/c9-7-2-1-5(11-4-12)3-6(7)8(10)13/h1-4H,9H2,(H2,10,13)(H,11,12). The topological polar surface area (TPSA) is 98.2 Å². The van der Waals surface area contributed by atoms with E-state index in [0.717, 1.165) is 0 Å². The van der Waals surface area contributed by atoms with Crippen molar-refractivity contribution in [1.82, 2.24) is 0 Å². The van der Waals surface area contributed by atoms with Crippen LogP contribution in [0.3, 0.4) is 0 Å². The van der Waals surface area contributed by atoms with Gasteiger partial charge in [-0.15, -0.1) is 0 Å². The monoisotopic (exact) mass is 179 g/mol. The number of primary amides is 1. The zero-order chi connectivity index (χ0) is 9.84. The SMILES string of the molecule is NC(=O)c1cc(NC=O)ccc1N. The third-order valence-corrected chi connectivity index (χ3v) is 1.54. The zero-order valence-electron chi connectivity index (χ0n) is 6.78. The molecule has 0 aliphatic carbocycles. The Balaban J connectivity index is 3.10. The molecule has 13 heavy (non-hydrogen) atoms. The van der Waals surface area contributed by atoms with E-state index >= 15 is 0 Å². The second-order valence-corrected chi connectivity index (χ2v) is 2.43. The average molecular weight is 179 g/mol. The van der Waals surface area contributed by atoms with Gasteiger partial charge in [-0.3, -0.25) is 9.59 Å². The highest BCUT2D eigenvalue weighted by molar-refractivity contribution is 5.99. The van der Waals surface area contributed by atoms with E-state index in [9.17, 15) is 9.59 Å². The predicted octanol–water partition coefficient (Wildman–Crippen LogP) is -0.0640. The van der Waals surface area contributed by atoms with E-state index in [4.69, 9.17) is 11.5 Å². The molecule has 1 aromatic rings. The number of nitrogen functional groups attached to an aromatic ring is 1. The Labute approximate surface area is 74.7 Å². The maximum atomic E-state index is 10.8. The van der Waals surface area contributed by atoms with Crippen LogP contribution in [0.25, 0.3) is 0 Å². The Morgan fingerprint density at radius 1 is 1.46 bits per heavy atom. The number of nitrogens with one attached hydrogen (secondary N) is 1. The molecule has 1 aromatic carbocycles. The van der Waals surface area contributed by atoms with Crippen molar-refractivity contribution in [2.75, 3.05) is 11.1 Å². The van der Waals surface area contributed by atoms with Gasteiger partial charge in [-0.1, -0.05) is 0 Å². The third kappa shape index (κ3) is 1.96. The molecule has 0 aromatic heterocycles. The molecule has 5 N–H and O–H groups in total. The van der Waals surface area contributed by atoms with E-state index in [1.165, 1.54) is 12.1 Å². The highest BCUT2D eigenvalue weighted by Gasteiger charge is 2.05. The van der Waals surface area contributed by atoms with Gasteiger partial charge in [0.1, 0.15) is 0 Å². The van der Waals surface area contributed by atoms with Gasteiger partial charge in [-0.25, -0.2) is 0 Å². The van der Waals surface area contributed by atoms with Crippen LogP contribution in [-0.2, 0) is 4.79 Å². The number of carbonyl (C=O) groups is 2. The number of nitrogens with two attached hydrogens (primary N) is 2. The molecule has 0 atom stereocenters. The highest BCUT2D eigenvalue weighted by Crippen LogP contribution is 2.16. The maximum absolute atomic E-state index is 10.8. The molecule has 1 rings (SSSR count). The minimum atomic E-state index is -0.618. The molecule has 5 heteroatoms. The molecular formula is C8H9N3O2. The predicted molar refractivity (Wildman–Crippen MR) is 49.1 cm³/mol. The van der Waals surface area contributed by atoms with Gasteiger partial charge < -0.3 is 16.8 Å². The Kier molecular flexibility index (Phi) is 2.49. The van der Waals surface area contributed by atoms with E-state index in [0.29, 0.717) is 17.8 Å². The summed E-state index contributed by atoms with van der Waals surface area (Å²) < 4.78 is 0. The Hall–Kier alpha value is -2.04. The third-order valence-electron chi connectivity index (χ3n) is 1.54. The lowest BCUT2D eigenvalue weighted by Crippen LogP contribution is -2.13. The quantitative estimate of drug-likeness (QED) is 0.447. The summed E-state index contributed by atoms with van der Waals surface area (Å²) in [5.74, 6) is -0.618. The van der Waals surface area contributed by atoms with Crippen molar-refractivity contribution in [1.29, 1.82) is 0 Å². The molecule has 0 saturated heterocycles. The molecule has 0 radical (unpaired) electrons. The van der Waals surface area contributed by atoms with E-state index in [-0.39, 0.29) is 5.56 Å². The Morgan fingerprint density at radius 2 is 2.15 bits per heavy atom. The summed E-state index contributed by atoms with van der Waals surface area (Å²) in [6.07, 6.45) is 0.510. The number of benzene rings is 1. The van der Waals surface area contributed by atoms with Gasteiger partial charge >= 0.3 is 0 Å². The molecule has 0 spiro atoms. The minimum absolute atomic E-state index is 0.201. The van der Waals surface area contributed by atoms with Crippen molar-refractivity contribution < 1.29 is 9.59 Å². The number of hydrogen-bond donors (Lipinski definition) is 3. The number of anilines is 2. The van der Waals surface area contributed by atoms with Crippen LogP contribution in [-0.4, -0.2) is 12.3 Å². The van der Waals surface area contributed by atoms with Crippen LogP contribution in [0, 0.1) is 0 Å². The summed E-state index contributed by atoms with van der Waals surface area (Å²) in [4.78, 5) is 20.9. The fourth-order valence-corrected chi connectivity index (χ4v) is 0.927. The van der Waals surface area contributed by atoms with Gasteiger partial charge in [0.15, 0.2) is 0 Å². The smallest absolute Gasteiger partial charge is 0.250 e. The molecule has 2 amide bonds. The van der Waals surface area contributed by atoms with Crippen molar-refractivity contribution in [2.45, 2.75) is 0 Å². The Bertz CT molecular complexity index is 349. The molecule has 0 aliphatic heterocycles. The largest absolute Gasteiger partial charge is 0.398 e. The summed E-state index contributed by atoms with van der Waals surface area (Å²) in [5, 5.41) is 2.39. The summed E-state index contributed by atoms with van der Waals surface area (Å²) in [5.41, 5.74) is 11.5. The summed E-state index contributed by atoms with van der Waals surface area (Å²) in [6, 6.07) is 4.51. The first-order valence-electron chi connectivity index (χ1n) is 3.54. The zero-order valence-corrected chi connectivity index (χ0v) is 6.78. The van der Waals surface area contributed by atoms with Gasteiger partial charge in [0.2, 0.25) is 6.41 Å². The van der Waals surface area contributed by atoms with Crippen LogP contribution in [0.15, 0.2) is 18.2 Å². The lowest BCUT2D eigenvalue weighted by molar-refractivity contribution is -0.105. The molecule has 0 fully saturated rings. The van der Waals surface area contributed by atoms with Crippen LogP contribution in [0.4, 0.5) is 11.4 Å². The van der Waals surface area contributed by atoms with Gasteiger partial charge in [0.25, 0.3) is 5.91 Å². The number of carbonyl (C=O) groups excluding carboxylic acids is 2. The molecule has 68 valence electrons. The number of rotatable bonds is 3. The van der Waals surface area contributed by atoms with Crippen LogP contribution >= 0.6 is 0 Å². The van der Waals surface area contributed by atoms with Gasteiger partial charge in [0.05, 0.1) is 5.56 Å². The second-order valence-electron chi connectivity index (χ2n) is 2.43. The molecule has 0 saturated carbocycles. The highest BCUT2D eigenvalue weighted by atomic mass is 16.1. The van der Waals surface area contributed by atoms with Crippen molar-refractivity contribution >= 4 is 23.7 Å². The van der Waals surface area contributed by atoms with E-state index in [2.05, 4.69) is 5.32 Å². The summed E-state index contributed by atoms with van der Waals surface area (Å²) in [7, 11) is 0. The average Bonchev–Trinajstić information content (AvgIpc) is 2.08. The number of hydrogen-bond acceptors (Lipinski definition) is 3. The van der Waals surface area contributed by atoms with Crippen LogP contribution in [0.1, 0.15) is 10.4 Å². The van der Waals surface area contributed by atoms with E-state index in [1.54, 1.807) is 6.07 Å². The normalized spacial score (nSPS) is 9.23. The number of amides is 2. The lowest BCUT2D eigenvalue weighted by Gasteiger charge is -2.03. The summed E-state index contributed by atoms with van der Waals surface area (Å²) in [6.45, 7) is 0. The fraction of sp³-hybridized carbons (Fsp3) is 0. The van der Waals surface area contributed by atoms with Gasteiger partial charge in [-0.05, 0) is 18.2 Å². The van der Waals surface area contributed by atoms with Crippen LogP contribution < -0.4 is 16.8 Å². The van der Waals surface area contributed by atoms with Crippen LogP contribution in [0.2, 0.25) is 0 Å².